The smallest absolute Gasteiger partial charge is 0.132 e. The Bertz CT molecular complexity index is 210. The summed E-state index contributed by atoms with van der Waals surface area (Å²) in [5.74, 6) is 0.792. The van der Waals surface area contributed by atoms with Crippen molar-refractivity contribution in [1.29, 1.82) is 0 Å². The van der Waals surface area contributed by atoms with Gasteiger partial charge >= 0.3 is 0 Å². The minimum absolute atomic E-state index is 0.442. The van der Waals surface area contributed by atoms with Crippen molar-refractivity contribution in [2.45, 2.75) is 4.90 Å². The van der Waals surface area contributed by atoms with Crippen molar-refractivity contribution in [3.05, 3.63) is 31.2 Å². The molecule has 1 aromatic rings. The van der Waals surface area contributed by atoms with E-state index in [0.717, 1.165) is 10.6 Å². The van der Waals surface area contributed by atoms with Gasteiger partial charge in [-0.1, -0.05) is 12.1 Å². The predicted octanol–water partition coefficient (Wildman–Crippen LogP) is 2.19. The van der Waals surface area contributed by atoms with Crippen molar-refractivity contribution in [3.63, 3.8) is 0 Å². The lowest BCUT2D eigenvalue weighted by atomic mass is 10.3. The Hall–Kier alpha value is -0.630. The number of hydrogen-bond donors (Lipinski definition) is 1. The lowest BCUT2D eigenvalue weighted by Crippen LogP contribution is -1.91. The third kappa shape index (κ3) is 1.67. The summed E-state index contributed by atoms with van der Waals surface area (Å²) in [4.78, 5) is 0.853. The fourth-order valence-corrected chi connectivity index (χ4v) is 0.914. The van der Waals surface area contributed by atoms with Gasteiger partial charge in [0.2, 0.25) is 0 Å². The first kappa shape index (κ1) is 7.48. The summed E-state index contributed by atoms with van der Waals surface area (Å²) in [6.45, 7) is 4.01. The summed E-state index contributed by atoms with van der Waals surface area (Å²) in [5, 5.41) is 0. The largest absolute Gasteiger partial charge is 0.492 e. The van der Waals surface area contributed by atoms with E-state index in [1.54, 1.807) is 0 Å². The number of benzene rings is 1. The molecule has 0 amide bonds. The van der Waals surface area contributed by atoms with Crippen LogP contribution < -0.4 is 4.74 Å². The zero-order valence-electron chi connectivity index (χ0n) is 5.58. The van der Waals surface area contributed by atoms with Gasteiger partial charge in [0.1, 0.15) is 5.75 Å². The van der Waals surface area contributed by atoms with Gasteiger partial charge in [-0.25, -0.2) is 0 Å². The summed E-state index contributed by atoms with van der Waals surface area (Å²) < 4.78 is 5.15. The van der Waals surface area contributed by atoms with Crippen molar-refractivity contribution in [3.8, 4) is 5.75 Å². The summed E-state index contributed by atoms with van der Waals surface area (Å²) in [5.41, 5.74) is 0. The van der Waals surface area contributed by atoms with E-state index in [1.807, 2.05) is 24.3 Å². The summed E-state index contributed by atoms with van der Waals surface area (Å²) in [6, 6.07) is 7.57. The minimum Gasteiger partial charge on any atom is -0.492 e. The highest BCUT2D eigenvalue weighted by Gasteiger charge is 1.94. The lowest BCUT2D eigenvalue weighted by Gasteiger charge is -2.03. The Morgan fingerprint density at radius 2 is 2.10 bits per heavy atom. The zero-order chi connectivity index (χ0) is 7.40. The first-order valence-electron chi connectivity index (χ1n) is 3.04. The van der Waals surface area contributed by atoms with E-state index in [4.69, 9.17) is 4.74 Å². The van der Waals surface area contributed by atoms with Crippen LogP contribution >= 0.6 is 12.6 Å². The first-order chi connectivity index (χ1) is 4.84. The molecule has 1 rings (SSSR count). The van der Waals surface area contributed by atoms with E-state index in [-0.39, 0.29) is 0 Å². The molecule has 0 fully saturated rings. The summed E-state index contributed by atoms with van der Waals surface area (Å²) in [6.07, 6.45) is 0. The number of rotatable bonds is 2. The van der Waals surface area contributed by atoms with Crippen LogP contribution in [0.2, 0.25) is 0 Å². The summed E-state index contributed by atoms with van der Waals surface area (Å²) in [7, 11) is 0. The number of thiol groups is 1. The van der Waals surface area contributed by atoms with Crippen molar-refractivity contribution in [2.75, 3.05) is 6.61 Å². The fourth-order valence-electron chi connectivity index (χ4n) is 0.689. The molecule has 0 spiro atoms. The van der Waals surface area contributed by atoms with E-state index < -0.39 is 0 Å². The van der Waals surface area contributed by atoms with Gasteiger partial charge in [-0.15, -0.1) is 12.6 Å². The molecule has 0 saturated heterocycles. The molecule has 0 atom stereocenters. The average Bonchev–Trinajstić information content (AvgIpc) is 1.94. The molecule has 10 heavy (non-hydrogen) atoms. The molecule has 0 heterocycles. The van der Waals surface area contributed by atoms with Crippen LogP contribution in [0.1, 0.15) is 0 Å². The second kappa shape index (κ2) is 3.52. The quantitative estimate of drug-likeness (QED) is 0.641. The van der Waals surface area contributed by atoms with Gasteiger partial charge in [-0.3, -0.25) is 0 Å². The van der Waals surface area contributed by atoms with Gasteiger partial charge in [0.05, 0.1) is 6.61 Å². The van der Waals surface area contributed by atoms with E-state index in [2.05, 4.69) is 19.6 Å². The highest BCUT2D eigenvalue weighted by molar-refractivity contribution is 7.80. The lowest BCUT2D eigenvalue weighted by molar-refractivity contribution is 0.353. The highest BCUT2D eigenvalue weighted by atomic mass is 32.1. The third-order valence-corrected chi connectivity index (χ3v) is 1.49. The maximum atomic E-state index is 5.15. The Balaban J connectivity index is 2.81. The Labute approximate surface area is 66.4 Å². The van der Waals surface area contributed by atoms with Crippen LogP contribution in [0.3, 0.4) is 0 Å². The summed E-state index contributed by atoms with van der Waals surface area (Å²) >= 11 is 4.18. The SMILES string of the molecule is [CH2]COc1ccccc1S. The molecule has 0 bridgehead atoms. The second-order valence-corrected chi connectivity index (χ2v) is 2.30. The standard InChI is InChI=1S/C8H9OS/c1-2-9-7-5-3-4-6-8(7)10/h3-6,10H,1-2H2. The molecule has 53 valence electrons. The molecule has 1 radical (unpaired) electrons. The molecule has 0 aliphatic rings. The van der Waals surface area contributed by atoms with Crippen molar-refractivity contribution in [2.24, 2.45) is 0 Å². The van der Waals surface area contributed by atoms with Crippen LogP contribution in [0.25, 0.3) is 0 Å². The number of ether oxygens (including phenoxy) is 1. The van der Waals surface area contributed by atoms with Crippen LogP contribution in [-0.4, -0.2) is 6.61 Å². The van der Waals surface area contributed by atoms with Crippen LogP contribution in [0.15, 0.2) is 29.2 Å². The molecule has 0 unspecified atom stereocenters. The van der Waals surface area contributed by atoms with Crippen LogP contribution in [0.5, 0.6) is 5.75 Å². The predicted molar refractivity (Wildman–Crippen MR) is 44.5 cm³/mol. The Morgan fingerprint density at radius 1 is 1.40 bits per heavy atom. The maximum Gasteiger partial charge on any atom is 0.132 e. The van der Waals surface area contributed by atoms with Gasteiger partial charge in [-0.05, 0) is 19.1 Å². The van der Waals surface area contributed by atoms with Crippen LogP contribution in [0.4, 0.5) is 0 Å². The third-order valence-electron chi connectivity index (χ3n) is 1.12. The van der Waals surface area contributed by atoms with Crippen LogP contribution in [0, 0.1) is 6.92 Å². The van der Waals surface area contributed by atoms with E-state index in [0.29, 0.717) is 6.61 Å². The molecule has 0 aromatic heterocycles. The molecule has 0 N–H and O–H groups in total. The maximum absolute atomic E-state index is 5.15. The zero-order valence-corrected chi connectivity index (χ0v) is 6.47. The second-order valence-electron chi connectivity index (χ2n) is 1.82. The molecule has 2 heteroatoms. The molecule has 1 aromatic carbocycles. The van der Waals surface area contributed by atoms with E-state index >= 15 is 0 Å². The van der Waals surface area contributed by atoms with Gasteiger partial charge in [0.25, 0.3) is 0 Å². The number of para-hydroxylation sites is 1. The first-order valence-corrected chi connectivity index (χ1v) is 3.49. The van der Waals surface area contributed by atoms with E-state index in [9.17, 15) is 0 Å². The monoisotopic (exact) mass is 153 g/mol. The average molecular weight is 153 g/mol. The van der Waals surface area contributed by atoms with Gasteiger partial charge in [0.15, 0.2) is 0 Å². The van der Waals surface area contributed by atoms with Crippen molar-refractivity contribution < 1.29 is 4.74 Å². The molecule has 0 saturated carbocycles. The molecule has 0 aliphatic carbocycles. The van der Waals surface area contributed by atoms with Gasteiger partial charge in [0, 0.05) is 4.90 Å². The minimum atomic E-state index is 0.442. The van der Waals surface area contributed by atoms with Gasteiger partial charge < -0.3 is 4.74 Å². The Kier molecular flexibility index (Phi) is 2.63. The molecular weight excluding hydrogens is 144 g/mol. The molecule has 0 aliphatic heterocycles. The normalized spacial score (nSPS) is 9.40. The van der Waals surface area contributed by atoms with Crippen molar-refractivity contribution >= 4 is 12.6 Å². The topological polar surface area (TPSA) is 9.23 Å². The fraction of sp³-hybridized carbons (Fsp3) is 0.125. The Morgan fingerprint density at radius 3 is 2.70 bits per heavy atom. The van der Waals surface area contributed by atoms with Crippen molar-refractivity contribution in [1.82, 2.24) is 0 Å². The van der Waals surface area contributed by atoms with E-state index in [1.165, 1.54) is 0 Å². The van der Waals surface area contributed by atoms with Crippen LogP contribution in [-0.2, 0) is 0 Å². The van der Waals surface area contributed by atoms with Gasteiger partial charge in [-0.2, -0.15) is 0 Å². The molecule has 1 nitrogen and oxygen atoms in total. The molecular formula is C8H9OS. The number of hydrogen-bond acceptors (Lipinski definition) is 2. The highest BCUT2D eigenvalue weighted by Crippen LogP contribution is 2.20.